The van der Waals surface area contributed by atoms with Crippen molar-refractivity contribution < 1.29 is 17.9 Å². The lowest BCUT2D eigenvalue weighted by Crippen LogP contribution is -2.25. The van der Waals surface area contributed by atoms with Crippen molar-refractivity contribution in [1.82, 2.24) is 5.32 Å². The van der Waals surface area contributed by atoms with Crippen molar-refractivity contribution in [3.63, 3.8) is 0 Å². The van der Waals surface area contributed by atoms with E-state index in [1.807, 2.05) is 12.1 Å². The summed E-state index contributed by atoms with van der Waals surface area (Å²) in [7, 11) is 0. The van der Waals surface area contributed by atoms with Crippen LogP contribution in [0.4, 0.5) is 8.78 Å². The van der Waals surface area contributed by atoms with Gasteiger partial charge in [-0.3, -0.25) is 0 Å². The predicted molar refractivity (Wildman–Crippen MR) is 76.4 cm³/mol. The summed E-state index contributed by atoms with van der Waals surface area (Å²) in [4.78, 5) is 0. The number of hydrogen-bond donors (Lipinski definition) is 1. The van der Waals surface area contributed by atoms with E-state index in [-0.39, 0.29) is 5.75 Å². The minimum atomic E-state index is -2.78. The second kappa shape index (κ2) is 7.78. The van der Waals surface area contributed by atoms with E-state index >= 15 is 0 Å². The Hall–Kier alpha value is -1.88. The van der Waals surface area contributed by atoms with Crippen LogP contribution in [-0.2, 0) is 13.0 Å². The molecule has 1 atom stereocenters. The van der Waals surface area contributed by atoms with Crippen LogP contribution in [0.3, 0.4) is 0 Å². The van der Waals surface area contributed by atoms with Gasteiger partial charge in [0.2, 0.25) is 0 Å². The number of rotatable bonds is 8. The lowest BCUT2D eigenvalue weighted by Gasteiger charge is -2.13. The zero-order chi connectivity index (χ0) is 15.1. The fraction of sp³-hybridized carbons (Fsp3) is 0.375. The first-order valence-electron chi connectivity index (χ1n) is 6.93. The van der Waals surface area contributed by atoms with Crippen LogP contribution in [0.2, 0.25) is 0 Å². The maximum absolute atomic E-state index is 12.0. The van der Waals surface area contributed by atoms with Gasteiger partial charge in [0.15, 0.2) is 0 Å². The van der Waals surface area contributed by atoms with Crippen molar-refractivity contribution in [2.24, 2.45) is 0 Å². The monoisotopic (exact) mass is 295 g/mol. The molecule has 1 heterocycles. The fourth-order valence-electron chi connectivity index (χ4n) is 2.00. The van der Waals surface area contributed by atoms with Gasteiger partial charge in [-0.05, 0) is 43.2 Å². The first kappa shape index (κ1) is 15.5. The highest BCUT2D eigenvalue weighted by Gasteiger charge is 2.06. The zero-order valence-electron chi connectivity index (χ0n) is 11.9. The fourth-order valence-corrected chi connectivity index (χ4v) is 2.00. The highest BCUT2D eigenvalue weighted by atomic mass is 19.3. The molecule has 5 heteroatoms. The molecule has 0 fully saturated rings. The summed E-state index contributed by atoms with van der Waals surface area (Å²) < 4.78 is 33.7. The van der Waals surface area contributed by atoms with Crippen LogP contribution < -0.4 is 10.1 Å². The lowest BCUT2D eigenvalue weighted by molar-refractivity contribution is -0.0498. The molecule has 0 bridgehead atoms. The Kier molecular flexibility index (Phi) is 5.75. The van der Waals surface area contributed by atoms with Gasteiger partial charge in [0, 0.05) is 19.0 Å². The minimum Gasteiger partial charge on any atom is -0.469 e. The molecule has 21 heavy (non-hydrogen) atoms. The number of hydrogen-bond acceptors (Lipinski definition) is 3. The van der Waals surface area contributed by atoms with Crippen LogP contribution in [0.1, 0.15) is 24.7 Å². The number of halogens is 2. The Balaban J connectivity index is 1.71. The summed E-state index contributed by atoms with van der Waals surface area (Å²) in [6.07, 6.45) is 3.54. The van der Waals surface area contributed by atoms with Gasteiger partial charge < -0.3 is 14.5 Å². The van der Waals surface area contributed by atoms with Crippen LogP contribution in [0, 0.1) is 0 Å². The van der Waals surface area contributed by atoms with Gasteiger partial charge in [-0.25, -0.2) is 0 Å². The number of furan rings is 1. The molecule has 1 aromatic carbocycles. The number of ether oxygens (including phenoxy) is 1. The average Bonchev–Trinajstić information content (AvgIpc) is 2.97. The standard InChI is InChI=1S/C16H19F2NO2/c1-12(4-7-14-3-2-10-20-14)19-11-13-5-8-15(9-6-13)21-16(17)18/h2-3,5-6,8-10,12,16,19H,4,7,11H2,1H3. The summed E-state index contributed by atoms with van der Waals surface area (Å²) in [6, 6.07) is 10.9. The molecule has 3 nitrogen and oxygen atoms in total. The van der Waals surface area contributed by atoms with E-state index in [0.29, 0.717) is 12.6 Å². The number of alkyl halides is 2. The second-order valence-electron chi connectivity index (χ2n) is 4.92. The van der Waals surface area contributed by atoms with Gasteiger partial charge >= 0.3 is 6.61 Å². The van der Waals surface area contributed by atoms with Gasteiger partial charge in [0.05, 0.1) is 6.26 Å². The Morgan fingerprint density at radius 1 is 1.19 bits per heavy atom. The van der Waals surface area contributed by atoms with Gasteiger partial charge in [0.1, 0.15) is 11.5 Å². The molecule has 0 aliphatic rings. The van der Waals surface area contributed by atoms with E-state index < -0.39 is 6.61 Å². The quantitative estimate of drug-likeness (QED) is 0.799. The van der Waals surface area contributed by atoms with Gasteiger partial charge in [-0.1, -0.05) is 12.1 Å². The summed E-state index contributed by atoms with van der Waals surface area (Å²) in [6.45, 7) is 0.0153. The molecular weight excluding hydrogens is 276 g/mol. The van der Waals surface area contributed by atoms with E-state index in [4.69, 9.17) is 4.42 Å². The van der Waals surface area contributed by atoms with Gasteiger partial charge in [-0.2, -0.15) is 8.78 Å². The first-order chi connectivity index (χ1) is 10.1. The molecule has 0 saturated heterocycles. The van der Waals surface area contributed by atoms with Crippen molar-refractivity contribution in [3.8, 4) is 5.75 Å². The van der Waals surface area contributed by atoms with Crippen LogP contribution in [0.5, 0.6) is 5.75 Å². The third-order valence-corrected chi connectivity index (χ3v) is 3.21. The molecule has 1 N–H and O–H groups in total. The molecule has 0 aliphatic heterocycles. The van der Waals surface area contributed by atoms with Crippen LogP contribution in [0.15, 0.2) is 47.1 Å². The Morgan fingerprint density at radius 2 is 1.95 bits per heavy atom. The third kappa shape index (κ3) is 5.55. The number of benzene rings is 1. The van der Waals surface area contributed by atoms with E-state index in [1.54, 1.807) is 30.5 Å². The summed E-state index contributed by atoms with van der Waals surface area (Å²) in [5.41, 5.74) is 1.03. The molecular formula is C16H19F2NO2. The zero-order valence-corrected chi connectivity index (χ0v) is 11.9. The van der Waals surface area contributed by atoms with Crippen molar-refractivity contribution in [2.45, 2.75) is 39.0 Å². The molecule has 0 spiro atoms. The number of aryl methyl sites for hydroxylation is 1. The van der Waals surface area contributed by atoms with Crippen molar-refractivity contribution in [1.29, 1.82) is 0 Å². The van der Waals surface area contributed by atoms with Gasteiger partial charge in [-0.15, -0.1) is 0 Å². The van der Waals surface area contributed by atoms with Crippen molar-refractivity contribution in [3.05, 3.63) is 54.0 Å². The summed E-state index contributed by atoms with van der Waals surface area (Å²) >= 11 is 0. The lowest BCUT2D eigenvalue weighted by atomic mass is 10.1. The molecule has 0 amide bonds. The normalized spacial score (nSPS) is 12.6. The molecule has 0 aliphatic carbocycles. The molecule has 0 saturated carbocycles. The van der Waals surface area contributed by atoms with Gasteiger partial charge in [0.25, 0.3) is 0 Å². The molecule has 0 radical (unpaired) electrons. The Bertz CT molecular complexity index is 512. The molecule has 2 aromatic rings. The first-order valence-corrected chi connectivity index (χ1v) is 6.93. The minimum absolute atomic E-state index is 0.180. The van der Waals surface area contributed by atoms with Crippen molar-refractivity contribution >= 4 is 0 Å². The second-order valence-corrected chi connectivity index (χ2v) is 4.92. The SMILES string of the molecule is CC(CCc1ccco1)NCc1ccc(OC(F)F)cc1. The smallest absolute Gasteiger partial charge is 0.387 e. The molecule has 2 rings (SSSR count). The molecule has 1 unspecified atom stereocenters. The maximum Gasteiger partial charge on any atom is 0.387 e. The largest absolute Gasteiger partial charge is 0.469 e. The highest BCUT2D eigenvalue weighted by Crippen LogP contribution is 2.15. The number of nitrogens with one attached hydrogen (secondary N) is 1. The average molecular weight is 295 g/mol. The molecule has 114 valence electrons. The summed E-state index contributed by atoms with van der Waals surface area (Å²) in [5.74, 6) is 1.16. The summed E-state index contributed by atoms with van der Waals surface area (Å²) in [5, 5.41) is 3.39. The van der Waals surface area contributed by atoms with Crippen LogP contribution in [0.25, 0.3) is 0 Å². The predicted octanol–water partition coefficient (Wildman–Crippen LogP) is 3.99. The Morgan fingerprint density at radius 3 is 2.57 bits per heavy atom. The molecule has 1 aromatic heterocycles. The van der Waals surface area contributed by atoms with E-state index in [1.165, 1.54) is 0 Å². The van der Waals surface area contributed by atoms with E-state index in [2.05, 4.69) is 17.0 Å². The van der Waals surface area contributed by atoms with Crippen molar-refractivity contribution in [2.75, 3.05) is 0 Å². The van der Waals surface area contributed by atoms with Crippen LogP contribution in [-0.4, -0.2) is 12.7 Å². The Labute approximate surface area is 122 Å². The van der Waals surface area contributed by atoms with Crippen LogP contribution >= 0.6 is 0 Å². The topological polar surface area (TPSA) is 34.4 Å². The third-order valence-electron chi connectivity index (χ3n) is 3.21. The van der Waals surface area contributed by atoms with E-state index in [9.17, 15) is 8.78 Å². The maximum atomic E-state index is 12.0. The van der Waals surface area contributed by atoms with E-state index in [0.717, 1.165) is 24.2 Å². The highest BCUT2D eigenvalue weighted by molar-refractivity contribution is 5.27.